The Labute approximate surface area is 141 Å². The number of hydrogen-bond donors (Lipinski definition) is 2. The molecule has 2 N–H and O–H groups in total. The molecule has 0 aromatic heterocycles. The van der Waals surface area contributed by atoms with Gasteiger partial charge in [0.15, 0.2) is 0 Å². The monoisotopic (exact) mass is 321 g/mol. The highest BCUT2D eigenvalue weighted by Gasteiger charge is 2.43. The molecule has 0 bridgehead atoms. The lowest BCUT2D eigenvalue weighted by molar-refractivity contribution is -0.126. The zero-order chi connectivity index (χ0) is 16.4. The summed E-state index contributed by atoms with van der Waals surface area (Å²) in [6.07, 6.45) is 8.70. The van der Waals surface area contributed by atoms with Crippen LogP contribution in [0.1, 0.15) is 58.8 Å². The van der Waals surface area contributed by atoms with Crippen LogP contribution in [0.2, 0.25) is 0 Å². The third-order valence-electron chi connectivity index (χ3n) is 6.92. The van der Waals surface area contributed by atoms with Crippen LogP contribution in [-0.4, -0.2) is 49.1 Å². The first-order valence-corrected chi connectivity index (χ1v) is 9.80. The predicted molar refractivity (Wildman–Crippen MR) is 94.3 cm³/mol. The van der Waals surface area contributed by atoms with Crippen molar-refractivity contribution in [2.75, 3.05) is 20.1 Å². The van der Waals surface area contributed by atoms with E-state index in [1.54, 1.807) is 0 Å². The van der Waals surface area contributed by atoms with E-state index < -0.39 is 0 Å². The molecule has 23 heavy (non-hydrogen) atoms. The first-order valence-electron chi connectivity index (χ1n) is 9.80. The van der Waals surface area contributed by atoms with E-state index in [4.69, 9.17) is 0 Å². The molecule has 1 saturated heterocycles. The molecule has 5 unspecified atom stereocenters. The summed E-state index contributed by atoms with van der Waals surface area (Å²) in [5.41, 5.74) is 0. The lowest BCUT2D eigenvalue weighted by Crippen LogP contribution is -2.42. The minimum Gasteiger partial charge on any atom is -0.355 e. The topological polar surface area (TPSA) is 44.4 Å². The number of carbonyl (C=O) groups excluding carboxylic acids is 1. The second kappa shape index (κ2) is 7.52. The van der Waals surface area contributed by atoms with Crippen molar-refractivity contribution in [3.63, 3.8) is 0 Å². The van der Waals surface area contributed by atoms with Gasteiger partial charge in [0.1, 0.15) is 0 Å². The van der Waals surface area contributed by atoms with E-state index in [0.29, 0.717) is 29.8 Å². The summed E-state index contributed by atoms with van der Waals surface area (Å²) in [6.45, 7) is 6.43. The van der Waals surface area contributed by atoms with Crippen molar-refractivity contribution >= 4 is 5.91 Å². The van der Waals surface area contributed by atoms with E-state index in [9.17, 15) is 4.79 Å². The minimum atomic E-state index is 0.239. The molecule has 3 aliphatic rings. The van der Waals surface area contributed by atoms with Crippen LogP contribution in [0.5, 0.6) is 0 Å². The van der Waals surface area contributed by atoms with E-state index in [2.05, 4.69) is 36.4 Å². The molecule has 2 aliphatic carbocycles. The molecule has 0 aromatic carbocycles. The van der Waals surface area contributed by atoms with Gasteiger partial charge in [0.2, 0.25) is 5.91 Å². The Balaban J connectivity index is 1.40. The molecule has 1 heterocycles. The number of amides is 1. The molecule has 0 radical (unpaired) electrons. The fourth-order valence-corrected chi connectivity index (χ4v) is 5.12. The van der Waals surface area contributed by atoms with Gasteiger partial charge >= 0.3 is 0 Å². The number of rotatable bonds is 5. The van der Waals surface area contributed by atoms with Crippen LogP contribution >= 0.6 is 0 Å². The van der Waals surface area contributed by atoms with Crippen molar-refractivity contribution in [1.29, 1.82) is 0 Å². The lowest BCUT2D eigenvalue weighted by Gasteiger charge is -2.32. The molecular weight excluding hydrogens is 286 g/mol. The molecular formula is C19H35N3O. The zero-order valence-corrected chi connectivity index (χ0v) is 15.2. The van der Waals surface area contributed by atoms with Gasteiger partial charge in [-0.25, -0.2) is 0 Å². The van der Waals surface area contributed by atoms with E-state index in [1.165, 1.54) is 32.1 Å². The van der Waals surface area contributed by atoms with Gasteiger partial charge in [0, 0.05) is 37.1 Å². The number of carbonyl (C=O) groups is 1. The second-order valence-electron chi connectivity index (χ2n) is 8.30. The van der Waals surface area contributed by atoms with Crippen LogP contribution in [0, 0.1) is 17.8 Å². The molecule has 1 aliphatic heterocycles. The summed E-state index contributed by atoms with van der Waals surface area (Å²) in [7, 11) is 2.21. The molecule has 5 atom stereocenters. The third kappa shape index (κ3) is 3.90. The molecule has 1 amide bonds. The zero-order valence-electron chi connectivity index (χ0n) is 15.2. The quantitative estimate of drug-likeness (QED) is 0.817. The Bertz CT molecular complexity index is 407. The highest BCUT2D eigenvalue weighted by atomic mass is 16.1. The molecule has 2 saturated carbocycles. The van der Waals surface area contributed by atoms with E-state index >= 15 is 0 Å². The van der Waals surface area contributed by atoms with Gasteiger partial charge in [-0.15, -0.1) is 0 Å². The van der Waals surface area contributed by atoms with Gasteiger partial charge in [-0.05, 0) is 57.9 Å². The van der Waals surface area contributed by atoms with Crippen LogP contribution in [0.3, 0.4) is 0 Å². The molecule has 3 rings (SSSR count). The smallest absolute Gasteiger partial charge is 0.223 e. The number of nitrogens with zero attached hydrogens (tertiary/aromatic N) is 1. The van der Waals surface area contributed by atoms with E-state index in [0.717, 1.165) is 32.0 Å². The lowest BCUT2D eigenvalue weighted by atomic mass is 9.74. The van der Waals surface area contributed by atoms with Gasteiger partial charge < -0.3 is 15.5 Å². The standard InChI is InChI=1S/C19H35N3O/c1-13-14(2)21-18-9-8-15(12-17(13)18)19(23)20-10-11-22(3)16-6-4-5-7-16/h13-18,21H,4-12H2,1-3H3,(H,20,23). The Kier molecular flexibility index (Phi) is 5.63. The van der Waals surface area contributed by atoms with Crippen molar-refractivity contribution in [2.45, 2.75) is 76.9 Å². The van der Waals surface area contributed by atoms with Gasteiger partial charge in [-0.1, -0.05) is 19.8 Å². The van der Waals surface area contributed by atoms with Crippen LogP contribution < -0.4 is 10.6 Å². The number of hydrogen-bond acceptors (Lipinski definition) is 3. The van der Waals surface area contributed by atoms with Gasteiger partial charge in [0.05, 0.1) is 0 Å². The summed E-state index contributed by atoms with van der Waals surface area (Å²) in [5.74, 6) is 1.93. The van der Waals surface area contributed by atoms with Crippen molar-refractivity contribution in [3.8, 4) is 0 Å². The maximum Gasteiger partial charge on any atom is 0.223 e. The Morgan fingerprint density at radius 1 is 1.17 bits per heavy atom. The second-order valence-corrected chi connectivity index (χ2v) is 8.30. The molecule has 4 nitrogen and oxygen atoms in total. The number of nitrogens with one attached hydrogen (secondary N) is 2. The van der Waals surface area contributed by atoms with Crippen LogP contribution in [0.25, 0.3) is 0 Å². The average Bonchev–Trinajstić information content (AvgIpc) is 3.16. The summed E-state index contributed by atoms with van der Waals surface area (Å²) >= 11 is 0. The first kappa shape index (κ1) is 17.2. The highest BCUT2D eigenvalue weighted by molar-refractivity contribution is 5.78. The molecule has 0 spiro atoms. The normalized spacial score (nSPS) is 38.0. The Hall–Kier alpha value is -0.610. The summed E-state index contributed by atoms with van der Waals surface area (Å²) in [6, 6.07) is 2.00. The molecule has 0 aromatic rings. The largest absolute Gasteiger partial charge is 0.355 e. The van der Waals surface area contributed by atoms with E-state index in [1.807, 2.05) is 0 Å². The number of fused-ring (bicyclic) bond motifs is 1. The van der Waals surface area contributed by atoms with Gasteiger partial charge in [-0.2, -0.15) is 0 Å². The summed E-state index contributed by atoms with van der Waals surface area (Å²) in [5, 5.41) is 6.93. The predicted octanol–water partition coefficient (Wildman–Crippen LogP) is 2.39. The maximum absolute atomic E-state index is 12.5. The summed E-state index contributed by atoms with van der Waals surface area (Å²) < 4.78 is 0. The van der Waals surface area contributed by atoms with Crippen LogP contribution in [-0.2, 0) is 4.79 Å². The van der Waals surface area contributed by atoms with Crippen molar-refractivity contribution < 1.29 is 4.79 Å². The third-order valence-corrected chi connectivity index (χ3v) is 6.92. The van der Waals surface area contributed by atoms with Gasteiger partial charge in [-0.3, -0.25) is 4.79 Å². The van der Waals surface area contributed by atoms with E-state index in [-0.39, 0.29) is 5.92 Å². The van der Waals surface area contributed by atoms with Crippen LogP contribution in [0.4, 0.5) is 0 Å². The average molecular weight is 322 g/mol. The minimum absolute atomic E-state index is 0.239. The highest BCUT2D eigenvalue weighted by Crippen LogP contribution is 2.39. The first-order chi connectivity index (χ1) is 11.1. The van der Waals surface area contributed by atoms with Crippen LogP contribution in [0.15, 0.2) is 0 Å². The molecule has 132 valence electrons. The Morgan fingerprint density at radius 2 is 1.91 bits per heavy atom. The van der Waals surface area contributed by atoms with Gasteiger partial charge in [0.25, 0.3) is 0 Å². The molecule has 4 heteroatoms. The fraction of sp³-hybridized carbons (Fsp3) is 0.947. The number of likely N-dealkylation sites (N-methyl/N-ethyl adjacent to an activating group) is 1. The SMILES string of the molecule is CC1NC2CCC(C(=O)NCCN(C)C3CCCC3)CC2C1C. The Morgan fingerprint density at radius 3 is 2.65 bits per heavy atom. The van der Waals surface area contributed by atoms with Crippen molar-refractivity contribution in [1.82, 2.24) is 15.5 Å². The van der Waals surface area contributed by atoms with Crippen molar-refractivity contribution in [3.05, 3.63) is 0 Å². The fourth-order valence-electron chi connectivity index (χ4n) is 5.12. The molecule has 3 fully saturated rings. The van der Waals surface area contributed by atoms with Crippen molar-refractivity contribution in [2.24, 2.45) is 17.8 Å². The maximum atomic E-state index is 12.5. The summed E-state index contributed by atoms with van der Waals surface area (Å²) in [4.78, 5) is 15.0.